The number of fused-ring (bicyclic) bond motifs is 3. The van der Waals surface area contributed by atoms with E-state index < -0.39 is 5.54 Å². The van der Waals surface area contributed by atoms with Crippen molar-refractivity contribution in [3.63, 3.8) is 0 Å². The average molecular weight is 374 g/mol. The molecular weight excluding hydrogens is 354 g/mol. The summed E-state index contributed by atoms with van der Waals surface area (Å²) in [6.45, 7) is 0. The van der Waals surface area contributed by atoms with Crippen molar-refractivity contribution < 1.29 is 4.90 Å². The molecule has 0 aromatic heterocycles. The summed E-state index contributed by atoms with van der Waals surface area (Å²) in [7, 11) is 0. The van der Waals surface area contributed by atoms with E-state index in [0.717, 1.165) is 10.5 Å². The molecule has 0 radical (unpaired) electrons. The van der Waals surface area contributed by atoms with Crippen LogP contribution in [0.3, 0.4) is 0 Å². The predicted molar refractivity (Wildman–Crippen MR) is 112 cm³/mol. The Morgan fingerprint density at radius 1 is 0.724 bits per heavy atom. The van der Waals surface area contributed by atoms with Gasteiger partial charge in [0.25, 0.3) is 5.54 Å². The Morgan fingerprint density at radius 3 is 1.97 bits per heavy atom. The highest BCUT2D eigenvalue weighted by molar-refractivity contribution is 5.58. The van der Waals surface area contributed by atoms with E-state index in [-0.39, 0.29) is 17.9 Å². The van der Waals surface area contributed by atoms with Gasteiger partial charge >= 0.3 is 0 Å². The van der Waals surface area contributed by atoms with Crippen LogP contribution in [0, 0.1) is 22.7 Å². The van der Waals surface area contributed by atoms with Crippen molar-refractivity contribution in [1.82, 2.24) is 0 Å². The largest absolute Gasteiger partial charge is 0.283 e. The zero-order valence-corrected chi connectivity index (χ0v) is 15.9. The second kappa shape index (κ2) is 6.74. The molecule has 4 atom stereocenters. The van der Waals surface area contributed by atoms with Gasteiger partial charge in [0, 0.05) is 5.56 Å². The standard InChI is InChI=1S/C26H19N3/c27-17-26(18-28)24(21-12-5-2-6-13-21)23(20-10-3-1-4-11-20)25-22-14-8-7-9-19(22)15-16-29(25)26/h1-16,23-25H/p+1/t23-,24-,25-/m1/s1. The Bertz CT molecular complexity index is 1140. The van der Waals surface area contributed by atoms with Crippen LogP contribution in [0.2, 0.25) is 0 Å². The summed E-state index contributed by atoms with van der Waals surface area (Å²) >= 11 is 0. The number of rotatable bonds is 2. The minimum atomic E-state index is -1.20. The molecule has 29 heavy (non-hydrogen) atoms. The molecule has 2 aliphatic rings. The molecule has 0 amide bonds. The maximum Gasteiger partial charge on any atom is 0.283 e. The van der Waals surface area contributed by atoms with Gasteiger partial charge in [-0.1, -0.05) is 84.9 Å². The van der Waals surface area contributed by atoms with E-state index in [1.54, 1.807) is 0 Å². The average Bonchev–Trinajstić information content (AvgIpc) is 3.11. The number of quaternary nitrogens is 1. The first-order valence-corrected chi connectivity index (χ1v) is 9.87. The Balaban J connectivity index is 1.82. The number of hydrogen-bond donors (Lipinski definition) is 1. The van der Waals surface area contributed by atoms with Gasteiger partial charge in [-0.2, -0.15) is 10.5 Å². The van der Waals surface area contributed by atoms with Gasteiger partial charge in [0.15, 0.2) is 0 Å². The van der Waals surface area contributed by atoms with E-state index in [0.29, 0.717) is 0 Å². The van der Waals surface area contributed by atoms with Gasteiger partial charge in [0.2, 0.25) is 0 Å². The maximum absolute atomic E-state index is 10.4. The third kappa shape index (κ3) is 2.46. The molecule has 1 unspecified atom stereocenters. The zero-order valence-electron chi connectivity index (χ0n) is 15.9. The van der Waals surface area contributed by atoms with Gasteiger partial charge < -0.3 is 0 Å². The second-order valence-electron chi connectivity index (χ2n) is 7.75. The van der Waals surface area contributed by atoms with Gasteiger partial charge in [0.05, 0.1) is 18.0 Å². The van der Waals surface area contributed by atoms with Crippen LogP contribution in [0.15, 0.2) is 91.1 Å². The summed E-state index contributed by atoms with van der Waals surface area (Å²) < 4.78 is 0. The first-order chi connectivity index (χ1) is 14.3. The number of nitrogens with one attached hydrogen (secondary N) is 1. The normalized spacial score (nSPS) is 26.0. The lowest BCUT2D eigenvalue weighted by molar-refractivity contribution is -0.902. The third-order valence-corrected chi connectivity index (χ3v) is 6.44. The molecule has 3 nitrogen and oxygen atoms in total. The van der Waals surface area contributed by atoms with Crippen molar-refractivity contribution >= 4 is 6.08 Å². The van der Waals surface area contributed by atoms with Crippen LogP contribution in [0.25, 0.3) is 6.08 Å². The molecule has 1 N–H and O–H groups in total. The fraction of sp³-hybridized carbons (Fsp3) is 0.154. The first kappa shape index (κ1) is 17.4. The summed E-state index contributed by atoms with van der Waals surface area (Å²) in [5.74, 6) is -0.226. The zero-order chi connectivity index (χ0) is 19.8. The van der Waals surface area contributed by atoms with Crippen LogP contribution in [0.1, 0.15) is 40.1 Å². The minimum Gasteiger partial charge on any atom is -0.273 e. The van der Waals surface area contributed by atoms with E-state index in [1.165, 1.54) is 16.7 Å². The molecule has 3 aromatic rings. The van der Waals surface area contributed by atoms with E-state index >= 15 is 0 Å². The summed E-state index contributed by atoms with van der Waals surface area (Å²) in [5.41, 5.74) is 3.38. The monoisotopic (exact) mass is 374 g/mol. The minimum absolute atomic E-state index is 0.00288. The van der Waals surface area contributed by atoms with Crippen molar-refractivity contribution in [2.24, 2.45) is 0 Å². The van der Waals surface area contributed by atoms with Crippen LogP contribution < -0.4 is 4.90 Å². The van der Waals surface area contributed by atoms with Crippen LogP contribution in [-0.4, -0.2) is 5.54 Å². The molecule has 2 aliphatic heterocycles. The highest BCUT2D eigenvalue weighted by atomic mass is 15.3. The van der Waals surface area contributed by atoms with Gasteiger partial charge in [-0.3, -0.25) is 4.90 Å². The third-order valence-electron chi connectivity index (χ3n) is 6.44. The fourth-order valence-corrected chi connectivity index (χ4v) is 5.27. The first-order valence-electron chi connectivity index (χ1n) is 9.87. The lowest BCUT2D eigenvalue weighted by Gasteiger charge is -2.30. The lowest BCUT2D eigenvalue weighted by atomic mass is 9.72. The number of hydrogen-bond acceptors (Lipinski definition) is 2. The van der Waals surface area contributed by atoms with Gasteiger partial charge in [-0.15, -0.1) is 0 Å². The smallest absolute Gasteiger partial charge is 0.273 e. The maximum atomic E-state index is 10.4. The van der Waals surface area contributed by atoms with Crippen molar-refractivity contribution in [2.45, 2.75) is 23.4 Å². The summed E-state index contributed by atoms with van der Waals surface area (Å²) in [6, 6.07) is 33.7. The molecule has 0 saturated carbocycles. The molecule has 3 heteroatoms. The van der Waals surface area contributed by atoms with Crippen LogP contribution in [0.4, 0.5) is 0 Å². The molecule has 138 valence electrons. The van der Waals surface area contributed by atoms with E-state index in [9.17, 15) is 10.5 Å². The van der Waals surface area contributed by atoms with Crippen molar-refractivity contribution in [1.29, 1.82) is 10.5 Å². The fourth-order valence-electron chi connectivity index (χ4n) is 5.27. The highest BCUT2D eigenvalue weighted by Crippen LogP contribution is 2.51. The topological polar surface area (TPSA) is 52.0 Å². The van der Waals surface area contributed by atoms with Gasteiger partial charge in [0.1, 0.15) is 18.2 Å². The molecule has 5 rings (SSSR count). The van der Waals surface area contributed by atoms with Crippen LogP contribution >= 0.6 is 0 Å². The quantitative estimate of drug-likeness (QED) is 0.738. The van der Waals surface area contributed by atoms with E-state index in [1.807, 2.05) is 54.7 Å². The molecule has 1 fully saturated rings. The Hall–Kier alpha value is -3.66. The van der Waals surface area contributed by atoms with Crippen molar-refractivity contribution in [2.75, 3.05) is 0 Å². The van der Waals surface area contributed by atoms with Crippen LogP contribution in [0.5, 0.6) is 0 Å². The van der Waals surface area contributed by atoms with Gasteiger partial charge in [-0.05, 0) is 22.8 Å². The number of nitriles is 2. The van der Waals surface area contributed by atoms with E-state index in [4.69, 9.17) is 0 Å². The molecule has 3 aromatic carbocycles. The predicted octanol–water partition coefficient (Wildman–Crippen LogP) is 3.96. The second-order valence-corrected chi connectivity index (χ2v) is 7.75. The Morgan fingerprint density at radius 2 is 1.31 bits per heavy atom. The molecular formula is C26H20N3+. The molecule has 0 bridgehead atoms. The summed E-state index contributed by atoms with van der Waals surface area (Å²) in [6.07, 6.45) is 4.08. The van der Waals surface area contributed by atoms with E-state index in [2.05, 4.69) is 54.6 Å². The van der Waals surface area contributed by atoms with Crippen LogP contribution in [-0.2, 0) is 0 Å². The van der Waals surface area contributed by atoms with Crippen molar-refractivity contribution in [3.8, 4) is 12.1 Å². The lowest BCUT2D eigenvalue weighted by Crippen LogP contribution is -3.14. The summed E-state index contributed by atoms with van der Waals surface area (Å²) in [5, 5.41) is 20.7. The molecule has 1 saturated heterocycles. The SMILES string of the molecule is N#CC1(C#N)[C@H](c2ccccc2)[C@@H](c2ccccc2)[C@H]2c3ccccc3C=C[NH+]21. The molecule has 0 aliphatic carbocycles. The van der Waals surface area contributed by atoms with Crippen molar-refractivity contribution in [3.05, 3.63) is 113 Å². The number of benzene rings is 3. The Labute approximate surface area is 170 Å². The number of nitrogens with zero attached hydrogens (tertiary/aromatic N) is 2. The molecule has 2 heterocycles. The summed E-state index contributed by atoms with van der Waals surface area (Å²) in [4.78, 5) is 0.920. The van der Waals surface area contributed by atoms with Gasteiger partial charge in [-0.25, -0.2) is 0 Å². The highest BCUT2D eigenvalue weighted by Gasteiger charge is 2.66. The molecule has 0 spiro atoms. The Kier molecular flexibility index (Phi) is 4.06.